The van der Waals surface area contributed by atoms with Crippen molar-refractivity contribution in [1.29, 1.82) is 0 Å². The normalized spacial score (nSPS) is 15.6. The number of carbonyl (C=O) groups is 3. The van der Waals surface area contributed by atoms with Crippen molar-refractivity contribution >= 4 is 29.4 Å². The van der Waals surface area contributed by atoms with Crippen LogP contribution in [0.15, 0.2) is 24.3 Å². The highest BCUT2D eigenvalue weighted by Crippen LogP contribution is 2.17. The van der Waals surface area contributed by atoms with E-state index in [-0.39, 0.29) is 36.7 Å². The summed E-state index contributed by atoms with van der Waals surface area (Å²) in [4.78, 5) is 37.6. The molecule has 0 aromatic heterocycles. The minimum absolute atomic E-state index is 0.00197. The summed E-state index contributed by atoms with van der Waals surface area (Å²) in [5.41, 5.74) is 0. The summed E-state index contributed by atoms with van der Waals surface area (Å²) >= 11 is 5.84. The number of esters is 1. The third-order valence-corrected chi connectivity index (χ3v) is 4.79. The van der Waals surface area contributed by atoms with Crippen LogP contribution < -0.4 is 10.1 Å². The Morgan fingerprint density at radius 3 is 2.43 bits per heavy atom. The molecular weight excluding hydrogens is 384 g/mol. The molecule has 1 fully saturated rings. The van der Waals surface area contributed by atoms with Gasteiger partial charge in [0.15, 0.2) is 6.10 Å². The van der Waals surface area contributed by atoms with E-state index in [2.05, 4.69) is 5.32 Å². The van der Waals surface area contributed by atoms with E-state index in [0.717, 1.165) is 0 Å². The highest BCUT2D eigenvalue weighted by Gasteiger charge is 2.26. The van der Waals surface area contributed by atoms with E-state index >= 15 is 0 Å². The average Bonchev–Trinajstić information content (AvgIpc) is 2.68. The summed E-state index contributed by atoms with van der Waals surface area (Å²) < 4.78 is 10.5. The molecule has 2 amide bonds. The first-order valence-corrected chi connectivity index (χ1v) is 9.92. The molecule has 1 saturated heterocycles. The predicted octanol–water partition coefficient (Wildman–Crippen LogP) is 2.56. The van der Waals surface area contributed by atoms with E-state index in [0.29, 0.717) is 43.3 Å². The molecule has 28 heavy (non-hydrogen) atoms. The highest BCUT2D eigenvalue weighted by atomic mass is 35.5. The van der Waals surface area contributed by atoms with Gasteiger partial charge in [-0.2, -0.15) is 0 Å². The van der Waals surface area contributed by atoms with Gasteiger partial charge in [-0.05, 0) is 51.0 Å². The lowest BCUT2D eigenvalue weighted by atomic mass is 10.0. The zero-order valence-corrected chi connectivity index (χ0v) is 17.0. The maximum absolute atomic E-state index is 12.3. The number of halogens is 1. The van der Waals surface area contributed by atoms with Crippen LogP contribution in [0.5, 0.6) is 5.75 Å². The maximum Gasteiger partial charge on any atom is 0.306 e. The van der Waals surface area contributed by atoms with Crippen molar-refractivity contribution < 1.29 is 23.9 Å². The number of benzene rings is 1. The molecule has 0 radical (unpaired) electrons. The predicted molar refractivity (Wildman–Crippen MR) is 105 cm³/mol. The zero-order chi connectivity index (χ0) is 20.5. The number of rotatable bonds is 8. The quantitative estimate of drug-likeness (QED) is 0.666. The number of carbonyl (C=O) groups excluding carboxylic acids is 3. The number of hydrogen-bond acceptors (Lipinski definition) is 5. The topological polar surface area (TPSA) is 84.9 Å². The molecule has 2 rings (SSSR count). The molecule has 1 heterocycles. The van der Waals surface area contributed by atoms with Crippen LogP contribution in [0.25, 0.3) is 0 Å². The third kappa shape index (κ3) is 7.03. The Balaban J connectivity index is 1.71. The number of hydrogen-bond donors (Lipinski definition) is 1. The number of piperidine rings is 1. The highest BCUT2D eigenvalue weighted by molar-refractivity contribution is 6.30. The van der Waals surface area contributed by atoms with Crippen LogP contribution in [0.4, 0.5) is 0 Å². The van der Waals surface area contributed by atoms with Gasteiger partial charge in [0.2, 0.25) is 5.91 Å². The summed E-state index contributed by atoms with van der Waals surface area (Å²) in [5, 5.41) is 3.58. The number of ether oxygens (including phenoxy) is 2. The number of likely N-dealkylation sites (tertiary alicyclic amines) is 1. The second-order valence-corrected chi connectivity index (χ2v) is 7.12. The van der Waals surface area contributed by atoms with Gasteiger partial charge in [0, 0.05) is 30.6 Å². The molecule has 0 aliphatic carbocycles. The van der Waals surface area contributed by atoms with E-state index in [1.165, 1.54) is 0 Å². The van der Waals surface area contributed by atoms with Crippen molar-refractivity contribution in [2.45, 2.75) is 51.7 Å². The summed E-state index contributed by atoms with van der Waals surface area (Å²) in [5.74, 6) is -0.0268. The zero-order valence-electron chi connectivity index (χ0n) is 16.3. The van der Waals surface area contributed by atoms with Crippen LogP contribution in [0, 0.1) is 0 Å². The van der Waals surface area contributed by atoms with Crippen molar-refractivity contribution in [3.05, 3.63) is 29.3 Å². The molecule has 1 aromatic rings. The second kappa shape index (κ2) is 10.9. The van der Waals surface area contributed by atoms with Crippen molar-refractivity contribution in [2.75, 3.05) is 19.7 Å². The smallest absolute Gasteiger partial charge is 0.306 e. The molecule has 154 valence electrons. The molecule has 1 aliphatic heterocycles. The summed E-state index contributed by atoms with van der Waals surface area (Å²) in [6.07, 6.45) is 0.963. The summed E-state index contributed by atoms with van der Waals surface area (Å²) in [6.45, 7) is 4.86. The number of nitrogens with zero attached hydrogens (tertiary/aromatic N) is 1. The molecule has 0 bridgehead atoms. The molecule has 0 saturated carbocycles. The van der Waals surface area contributed by atoms with Gasteiger partial charge < -0.3 is 19.7 Å². The van der Waals surface area contributed by atoms with E-state index in [9.17, 15) is 14.4 Å². The Hall–Kier alpha value is -2.28. The van der Waals surface area contributed by atoms with E-state index < -0.39 is 6.10 Å². The maximum atomic E-state index is 12.3. The minimum atomic E-state index is -0.634. The molecule has 8 heteroatoms. The van der Waals surface area contributed by atoms with Crippen LogP contribution in [0.3, 0.4) is 0 Å². The lowest BCUT2D eigenvalue weighted by Crippen LogP contribution is -2.49. The first-order chi connectivity index (χ1) is 13.4. The van der Waals surface area contributed by atoms with Gasteiger partial charge in [0.25, 0.3) is 5.91 Å². The molecule has 1 aliphatic rings. The molecule has 1 N–H and O–H groups in total. The molecule has 1 unspecified atom stereocenters. The van der Waals surface area contributed by atoms with Gasteiger partial charge in [0.1, 0.15) is 5.75 Å². The van der Waals surface area contributed by atoms with Crippen LogP contribution in [-0.4, -0.2) is 54.5 Å². The van der Waals surface area contributed by atoms with E-state index in [4.69, 9.17) is 21.1 Å². The molecular formula is C20H27ClN2O5. The van der Waals surface area contributed by atoms with Gasteiger partial charge in [-0.3, -0.25) is 14.4 Å². The minimum Gasteiger partial charge on any atom is -0.481 e. The third-order valence-electron chi connectivity index (χ3n) is 4.54. The molecule has 0 spiro atoms. The van der Waals surface area contributed by atoms with Crippen molar-refractivity contribution in [3.63, 3.8) is 0 Å². The number of nitrogens with one attached hydrogen (secondary N) is 1. The van der Waals surface area contributed by atoms with Crippen LogP contribution >= 0.6 is 11.6 Å². The van der Waals surface area contributed by atoms with E-state index in [1.54, 1.807) is 43.0 Å². The van der Waals surface area contributed by atoms with Gasteiger partial charge in [-0.15, -0.1) is 0 Å². The Morgan fingerprint density at radius 2 is 1.82 bits per heavy atom. The van der Waals surface area contributed by atoms with Gasteiger partial charge >= 0.3 is 5.97 Å². The van der Waals surface area contributed by atoms with Crippen molar-refractivity contribution in [2.24, 2.45) is 0 Å². The molecule has 1 atom stereocenters. The van der Waals surface area contributed by atoms with Gasteiger partial charge in [0.05, 0.1) is 13.0 Å². The lowest BCUT2D eigenvalue weighted by Gasteiger charge is -2.33. The van der Waals surface area contributed by atoms with Crippen LogP contribution in [0.2, 0.25) is 5.02 Å². The Morgan fingerprint density at radius 1 is 1.18 bits per heavy atom. The fraction of sp³-hybridized carbons (Fsp3) is 0.550. The van der Waals surface area contributed by atoms with Crippen molar-refractivity contribution in [3.8, 4) is 5.75 Å². The first-order valence-electron chi connectivity index (χ1n) is 9.55. The SMILES string of the molecule is CCOC(=O)CCC(=O)N1CCC(NC(=O)C(C)Oc2ccc(Cl)cc2)CC1. The fourth-order valence-corrected chi connectivity index (χ4v) is 3.09. The Labute approximate surface area is 170 Å². The lowest BCUT2D eigenvalue weighted by molar-refractivity contribution is -0.146. The Kier molecular flexibility index (Phi) is 8.57. The molecule has 1 aromatic carbocycles. The largest absolute Gasteiger partial charge is 0.481 e. The second-order valence-electron chi connectivity index (χ2n) is 6.68. The monoisotopic (exact) mass is 410 g/mol. The fourth-order valence-electron chi connectivity index (χ4n) is 2.96. The average molecular weight is 411 g/mol. The van der Waals surface area contributed by atoms with Gasteiger partial charge in [-0.1, -0.05) is 11.6 Å². The standard InChI is InChI=1S/C20H27ClN2O5/c1-3-27-19(25)9-8-18(24)23-12-10-16(11-13-23)22-20(26)14(2)28-17-6-4-15(21)5-7-17/h4-7,14,16H,3,8-13H2,1-2H3,(H,22,26). The number of amides is 2. The van der Waals surface area contributed by atoms with Crippen LogP contribution in [-0.2, 0) is 19.1 Å². The van der Waals surface area contributed by atoms with Crippen molar-refractivity contribution in [1.82, 2.24) is 10.2 Å². The first kappa shape index (κ1) is 22.0. The van der Waals surface area contributed by atoms with Gasteiger partial charge in [-0.25, -0.2) is 0 Å². The molecule has 7 nitrogen and oxygen atoms in total. The van der Waals surface area contributed by atoms with Crippen LogP contribution in [0.1, 0.15) is 39.5 Å². The Bertz CT molecular complexity index is 672. The summed E-state index contributed by atoms with van der Waals surface area (Å²) in [7, 11) is 0. The van der Waals surface area contributed by atoms with E-state index in [1.807, 2.05) is 0 Å². The summed E-state index contributed by atoms with van der Waals surface area (Å²) in [6, 6.07) is 6.84.